The average molecular weight is 313 g/mol. The van der Waals surface area contributed by atoms with E-state index in [4.69, 9.17) is 16.7 Å². The average Bonchev–Trinajstić information content (AvgIpc) is 2.89. The highest BCUT2D eigenvalue weighted by atomic mass is 35.5. The van der Waals surface area contributed by atoms with Gasteiger partial charge in [-0.15, -0.1) is 0 Å². The van der Waals surface area contributed by atoms with Crippen LogP contribution in [0.1, 0.15) is 24.8 Å². The molecule has 0 spiro atoms. The Bertz CT molecular complexity index is 550. The number of hydrogen-bond acceptors (Lipinski definition) is 4. The van der Waals surface area contributed by atoms with Crippen LogP contribution >= 0.6 is 11.6 Å². The maximum absolute atomic E-state index is 11.1. The molecule has 0 aliphatic heterocycles. The Hall–Kier alpha value is -1.66. The number of rotatable bonds is 6. The van der Waals surface area contributed by atoms with Crippen LogP contribution in [0.4, 0.5) is 5.69 Å². The van der Waals surface area contributed by atoms with Gasteiger partial charge in [0.1, 0.15) is 0 Å². The number of carboxylic acid groups (broad SMARTS) is 1. The first-order chi connectivity index (χ1) is 9.99. The van der Waals surface area contributed by atoms with Crippen LogP contribution < -0.4 is 5.32 Å². The van der Waals surface area contributed by atoms with Crippen LogP contribution in [0.5, 0.6) is 0 Å². The second-order valence-corrected chi connectivity index (χ2v) is 5.71. The lowest BCUT2D eigenvalue weighted by atomic mass is 9.96. The Morgan fingerprint density at radius 3 is 2.86 bits per heavy atom. The molecule has 6 nitrogen and oxygen atoms in total. The van der Waals surface area contributed by atoms with Gasteiger partial charge >= 0.3 is 5.97 Å². The van der Waals surface area contributed by atoms with Crippen LogP contribution in [0.15, 0.2) is 18.2 Å². The van der Waals surface area contributed by atoms with Gasteiger partial charge in [0.15, 0.2) is 0 Å². The molecular weight excluding hydrogens is 296 g/mol. The predicted octanol–water partition coefficient (Wildman–Crippen LogP) is 2.84. The molecule has 1 fully saturated rings. The second kappa shape index (κ2) is 6.87. The lowest BCUT2D eigenvalue weighted by Gasteiger charge is -2.16. The molecule has 1 aliphatic carbocycles. The molecule has 0 heterocycles. The van der Waals surface area contributed by atoms with E-state index >= 15 is 0 Å². The molecule has 2 atom stereocenters. The maximum Gasteiger partial charge on any atom is 0.306 e. The van der Waals surface area contributed by atoms with Gasteiger partial charge in [0.25, 0.3) is 5.69 Å². The maximum atomic E-state index is 11.1. The van der Waals surface area contributed by atoms with E-state index < -0.39 is 10.9 Å². The molecule has 1 aliphatic rings. The summed E-state index contributed by atoms with van der Waals surface area (Å²) in [6.07, 6.45) is 2.60. The number of nitro benzene ring substituents is 1. The fraction of sp³-hybridized carbons (Fsp3) is 0.500. The predicted molar refractivity (Wildman–Crippen MR) is 78.3 cm³/mol. The zero-order valence-electron chi connectivity index (χ0n) is 11.4. The zero-order valence-corrected chi connectivity index (χ0v) is 12.2. The summed E-state index contributed by atoms with van der Waals surface area (Å²) in [6, 6.07) is 4.36. The third kappa shape index (κ3) is 3.92. The summed E-state index contributed by atoms with van der Waals surface area (Å²) in [5.41, 5.74) is 0.734. The van der Waals surface area contributed by atoms with Crippen molar-refractivity contribution in [3.05, 3.63) is 38.9 Å². The normalized spacial score (nSPS) is 21.4. The summed E-state index contributed by atoms with van der Waals surface area (Å²) in [4.78, 5) is 21.2. The van der Waals surface area contributed by atoms with Gasteiger partial charge < -0.3 is 10.4 Å². The van der Waals surface area contributed by atoms with E-state index in [2.05, 4.69) is 5.32 Å². The molecule has 7 heteroatoms. The van der Waals surface area contributed by atoms with Crippen molar-refractivity contribution >= 4 is 23.3 Å². The van der Waals surface area contributed by atoms with Gasteiger partial charge in [-0.2, -0.15) is 0 Å². The topological polar surface area (TPSA) is 92.5 Å². The lowest BCUT2D eigenvalue weighted by Crippen LogP contribution is -2.28. The summed E-state index contributed by atoms with van der Waals surface area (Å²) in [7, 11) is 0. The van der Waals surface area contributed by atoms with Crippen molar-refractivity contribution in [3.8, 4) is 0 Å². The van der Waals surface area contributed by atoms with E-state index in [9.17, 15) is 14.9 Å². The highest BCUT2D eigenvalue weighted by Crippen LogP contribution is 2.31. The Morgan fingerprint density at radius 2 is 2.24 bits per heavy atom. The van der Waals surface area contributed by atoms with E-state index in [-0.39, 0.29) is 17.5 Å². The van der Waals surface area contributed by atoms with Crippen molar-refractivity contribution in [1.82, 2.24) is 5.32 Å². The van der Waals surface area contributed by atoms with E-state index in [0.717, 1.165) is 24.8 Å². The Morgan fingerprint density at radius 1 is 1.48 bits per heavy atom. The Kier molecular flexibility index (Phi) is 5.14. The van der Waals surface area contributed by atoms with Gasteiger partial charge in [0, 0.05) is 18.7 Å². The number of carbonyl (C=O) groups is 1. The minimum Gasteiger partial charge on any atom is -0.481 e. The number of aliphatic carboxylic acids is 1. The van der Waals surface area contributed by atoms with Crippen LogP contribution in [-0.2, 0) is 11.3 Å². The second-order valence-electron chi connectivity index (χ2n) is 5.30. The van der Waals surface area contributed by atoms with Crippen molar-refractivity contribution < 1.29 is 14.8 Å². The minimum absolute atomic E-state index is 0.0366. The quantitative estimate of drug-likeness (QED) is 0.622. The first-order valence-corrected chi connectivity index (χ1v) is 7.23. The number of nitrogens with one attached hydrogen (secondary N) is 1. The van der Waals surface area contributed by atoms with Crippen molar-refractivity contribution in [1.29, 1.82) is 0 Å². The van der Waals surface area contributed by atoms with Gasteiger partial charge in [-0.3, -0.25) is 14.9 Å². The fourth-order valence-corrected chi connectivity index (χ4v) is 3.03. The van der Waals surface area contributed by atoms with Crippen molar-refractivity contribution in [2.45, 2.75) is 25.8 Å². The third-order valence-corrected chi connectivity index (χ3v) is 4.30. The molecule has 2 unspecified atom stereocenters. The van der Waals surface area contributed by atoms with Crippen molar-refractivity contribution in [2.24, 2.45) is 11.8 Å². The third-order valence-electron chi connectivity index (χ3n) is 3.95. The van der Waals surface area contributed by atoms with Crippen LogP contribution in [0.2, 0.25) is 5.02 Å². The van der Waals surface area contributed by atoms with Gasteiger partial charge in [-0.1, -0.05) is 18.0 Å². The molecule has 2 N–H and O–H groups in total. The van der Waals surface area contributed by atoms with Crippen LogP contribution in [0, 0.1) is 22.0 Å². The number of nitrogens with zero attached hydrogens (tertiary/aromatic N) is 1. The van der Waals surface area contributed by atoms with Crippen LogP contribution in [0.25, 0.3) is 0 Å². The highest BCUT2D eigenvalue weighted by Gasteiger charge is 2.32. The number of halogens is 1. The standard InChI is InChI=1S/C14H17ClN2O4/c15-13-6-11(17(20)21)5-4-10(13)8-16-7-9-2-1-3-12(9)14(18)19/h4-6,9,12,16H,1-3,7-8H2,(H,18,19). The number of non-ortho nitro benzene ring substituents is 1. The van der Waals surface area contributed by atoms with E-state index in [0.29, 0.717) is 18.1 Å². The molecule has 0 bridgehead atoms. The minimum atomic E-state index is -0.729. The molecule has 1 saturated carbocycles. The number of carboxylic acids is 1. The molecule has 114 valence electrons. The van der Waals surface area contributed by atoms with Gasteiger partial charge in [-0.25, -0.2) is 0 Å². The zero-order chi connectivity index (χ0) is 15.4. The smallest absolute Gasteiger partial charge is 0.306 e. The summed E-state index contributed by atoms with van der Waals surface area (Å²) < 4.78 is 0. The van der Waals surface area contributed by atoms with Gasteiger partial charge in [0.05, 0.1) is 15.9 Å². The molecule has 0 amide bonds. The Labute approximate surface area is 127 Å². The first kappa shape index (κ1) is 15.7. The molecule has 1 aromatic rings. The largest absolute Gasteiger partial charge is 0.481 e. The van der Waals surface area contributed by atoms with Gasteiger partial charge in [0.2, 0.25) is 0 Å². The number of benzene rings is 1. The van der Waals surface area contributed by atoms with E-state index in [1.165, 1.54) is 12.1 Å². The first-order valence-electron chi connectivity index (χ1n) is 6.85. The van der Waals surface area contributed by atoms with Crippen LogP contribution in [-0.4, -0.2) is 22.5 Å². The summed E-state index contributed by atoms with van der Waals surface area (Å²) >= 11 is 6.01. The Balaban J connectivity index is 1.89. The summed E-state index contributed by atoms with van der Waals surface area (Å²) in [5.74, 6) is -0.864. The molecule has 0 aromatic heterocycles. The van der Waals surface area contributed by atoms with E-state index in [1.807, 2.05) is 0 Å². The number of nitro groups is 1. The molecule has 0 radical (unpaired) electrons. The monoisotopic (exact) mass is 312 g/mol. The molecular formula is C14H17ClN2O4. The molecule has 0 saturated heterocycles. The van der Waals surface area contributed by atoms with Gasteiger partial charge in [-0.05, 0) is 36.9 Å². The summed E-state index contributed by atoms with van der Waals surface area (Å²) in [5, 5.41) is 23.3. The summed E-state index contributed by atoms with van der Waals surface area (Å²) in [6.45, 7) is 1.09. The SMILES string of the molecule is O=C(O)C1CCCC1CNCc1ccc([N+](=O)[O-])cc1Cl. The van der Waals surface area contributed by atoms with Crippen molar-refractivity contribution in [3.63, 3.8) is 0 Å². The lowest BCUT2D eigenvalue weighted by molar-refractivity contribution is -0.384. The van der Waals surface area contributed by atoms with Crippen LogP contribution in [0.3, 0.4) is 0 Å². The molecule has 1 aromatic carbocycles. The molecule has 21 heavy (non-hydrogen) atoms. The highest BCUT2D eigenvalue weighted by molar-refractivity contribution is 6.31. The fourth-order valence-electron chi connectivity index (χ4n) is 2.79. The number of hydrogen-bond donors (Lipinski definition) is 2. The van der Waals surface area contributed by atoms with E-state index in [1.54, 1.807) is 6.07 Å². The van der Waals surface area contributed by atoms with Crippen molar-refractivity contribution in [2.75, 3.05) is 6.54 Å². The molecule has 2 rings (SSSR count).